The van der Waals surface area contributed by atoms with Crippen molar-refractivity contribution < 1.29 is 0 Å². The highest BCUT2D eigenvalue weighted by Gasteiger charge is 2.21. The van der Waals surface area contributed by atoms with Crippen LogP contribution in [-0.4, -0.2) is 23.3 Å². The standard InChI is InChI=1S/C7H17N2P/c1-7(10)3-2-5-9(8)6-4-7/h2-6,8,10H2,1H3. The molecule has 1 heterocycles. The molecule has 2 atom stereocenters. The van der Waals surface area contributed by atoms with E-state index in [2.05, 4.69) is 16.2 Å². The van der Waals surface area contributed by atoms with Crippen LogP contribution in [-0.2, 0) is 0 Å². The van der Waals surface area contributed by atoms with Crippen LogP contribution < -0.4 is 5.84 Å². The molecule has 0 spiro atoms. The normalized spacial score (nSPS) is 37.5. The molecule has 1 rings (SSSR count). The van der Waals surface area contributed by atoms with Gasteiger partial charge in [0, 0.05) is 13.1 Å². The molecule has 2 unspecified atom stereocenters. The first-order chi connectivity index (χ1) is 4.60. The molecule has 3 heteroatoms. The number of hydrogen-bond acceptors (Lipinski definition) is 2. The quantitative estimate of drug-likeness (QED) is 0.423. The maximum Gasteiger partial charge on any atom is 0.0137 e. The van der Waals surface area contributed by atoms with E-state index >= 15 is 0 Å². The van der Waals surface area contributed by atoms with Crippen molar-refractivity contribution >= 4 is 9.24 Å². The van der Waals surface area contributed by atoms with Crippen LogP contribution >= 0.6 is 9.24 Å². The van der Waals surface area contributed by atoms with Gasteiger partial charge in [-0.05, 0) is 24.4 Å². The fourth-order valence-electron chi connectivity index (χ4n) is 1.32. The SMILES string of the molecule is CC1(P)CCCN(N)CC1. The number of hydrogen-bond donors (Lipinski definition) is 1. The fraction of sp³-hybridized carbons (Fsp3) is 1.00. The van der Waals surface area contributed by atoms with Gasteiger partial charge in [-0.2, -0.15) is 0 Å². The highest BCUT2D eigenvalue weighted by atomic mass is 31.0. The van der Waals surface area contributed by atoms with Crippen molar-refractivity contribution in [2.24, 2.45) is 5.84 Å². The van der Waals surface area contributed by atoms with Crippen LogP contribution in [0.3, 0.4) is 0 Å². The predicted octanol–water partition coefficient (Wildman–Crippen LogP) is 0.980. The fourth-order valence-corrected chi connectivity index (χ4v) is 1.66. The van der Waals surface area contributed by atoms with Crippen molar-refractivity contribution in [1.29, 1.82) is 0 Å². The van der Waals surface area contributed by atoms with Gasteiger partial charge in [0.2, 0.25) is 0 Å². The van der Waals surface area contributed by atoms with Gasteiger partial charge in [-0.3, -0.25) is 5.84 Å². The number of hydrazine groups is 1. The number of rotatable bonds is 0. The zero-order valence-corrected chi connectivity index (χ0v) is 7.79. The van der Waals surface area contributed by atoms with Crippen LogP contribution in [0.25, 0.3) is 0 Å². The highest BCUT2D eigenvalue weighted by Crippen LogP contribution is 2.29. The summed E-state index contributed by atoms with van der Waals surface area (Å²) in [6.07, 6.45) is 3.72. The topological polar surface area (TPSA) is 29.3 Å². The van der Waals surface area contributed by atoms with Gasteiger partial charge in [0.25, 0.3) is 0 Å². The van der Waals surface area contributed by atoms with Crippen LogP contribution in [0.15, 0.2) is 0 Å². The second-order valence-corrected chi connectivity index (χ2v) is 4.94. The molecule has 0 aromatic heterocycles. The smallest absolute Gasteiger partial charge is 0.0137 e. The molecular formula is C7H17N2P. The van der Waals surface area contributed by atoms with Crippen molar-refractivity contribution in [3.8, 4) is 0 Å². The van der Waals surface area contributed by atoms with Gasteiger partial charge in [-0.15, -0.1) is 9.24 Å². The van der Waals surface area contributed by atoms with Gasteiger partial charge in [-0.25, -0.2) is 5.01 Å². The summed E-state index contributed by atoms with van der Waals surface area (Å²) in [5.74, 6) is 5.68. The van der Waals surface area contributed by atoms with Crippen LogP contribution in [0.4, 0.5) is 0 Å². The maximum absolute atomic E-state index is 5.68. The third kappa shape index (κ3) is 2.53. The summed E-state index contributed by atoms with van der Waals surface area (Å²) in [4.78, 5) is 0. The molecule has 0 aromatic carbocycles. The predicted molar refractivity (Wildman–Crippen MR) is 47.7 cm³/mol. The first kappa shape index (κ1) is 8.45. The van der Waals surface area contributed by atoms with E-state index in [1.165, 1.54) is 19.3 Å². The van der Waals surface area contributed by atoms with Crippen molar-refractivity contribution in [3.05, 3.63) is 0 Å². The van der Waals surface area contributed by atoms with Crippen molar-refractivity contribution in [2.45, 2.75) is 31.3 Å². The molecule has 1 fully saturated rings. The first-order valence-corrected chi connectivity index (χ1v) is 4.46. The van der Waals surface area contributed by atoms with E-state index in [9.17, 15) is 0 Å². The molecule has 0 amide bonds. The van der Waals surface area contributed by atoms with Crippen LogP contribution in [0.1, 0.15) is 26.2 Å². The molecular weight excluding hydrogens is 143 g/mol. The van der Waals surface area contributed by atoms with E-state index in [1.54, 1.807) is 0 Å². The Bertz CT molecular complexity index is 114. The zero-order valence-electron chi connectivity index (χ0n) is 6.64. The molecule has 0 saturated carbocycles. The lowest BCUT2D eigenvalue weighted by atomic mass is 10.0. The Morgan fingerprint density at radius 1 is 1.40 bits per heavy atom. The maximum atomic E-state index is 5.68. The molecule has 0 bridgehead atoms. The molecule has 60 valence electrons. The van der Waals surface area contributed by atoms with Gasteiger partial charge in [0.1, 0.15) is 0 Å². The molecule has 1 aliphatic rings. The Labute approximate surface area is 65.3 Å². The van der Waals surface area contributed by atoms with Crippen molar-refractivity contribution in [3.63, 3.8) is 0 Å². The largest absolute Gasteiger partial charge is 0.269 e. The Kier molecular flexibility index (Phi) is 2.67. The molecule has 0 aromatic rings. The average Bonchev–Trinajstić information content (AvgIpc) is 1.94. The Morgan fingerprint density at radius 2 is 2.10 bits per heavy atom. The molecule has 10 heavy (non-hydrogen) atoms. The van der Waals surface area contributed by atoms with Crippen LogP contribution in [0.2, 0.25) is 0 Å². The van der Waals surface area contributed by atoms with E-state index in [-0.39, 0.29) is 0 Å². The monoisotopic (exact) mass is 160 g/mol. The minimum Gasteiger partial charge on any atom is -0.269 e. The van der Waals surface area contributed by atoms with E-state index < -0.39 is 0 Å². The van der Waals surface area contributed by atoms with Gasteiger partial charge in [0.05, 0.1) is 0 Å². The molecule has 2 N–H and O–H groups in total. The van der Waals surface area contributed by atoms with Gasteiger partial charge >= 0.3 is 0 Å². The van der Waals surface area contributed by atoms with E-state index in [0.717, 1.165) is 13.1 Å². The highest BCUT2D eigenvalue weighted by molar-refractivity contribution is 7.18. The Morgan fingerprint density at radius 3 is 2.80 bits per heavy atom. The third-order valence-electron chi connectivity index (χ3n) is 2.16. The van der Waals surface area contributed by atoms with Gasteiger partial charge < -0.3 is 0 Å². The molecule has 0 aliphatic carbocycles. The van der Waals surface area contributed by atoms with Crippen LogP contribution in [0.5, 0.6) is 0 Å². The average molecular weight is 160 g/mol. The van der Waals surface area contributed by atoms with E-state index in [0.29, 0.717) is 5.16 Å². The van der Waals surface area contributed by atoms with Crippen LogP contribution in [0, 0.1) is 0 Å². The number of nitrogens with zero attached hydrogens (tertiary/aromatic N) is 1. The summed E-state index contributed by atoms with van der Waals surface area (Å²) in [5.41, 5.74) is 0. The molecule has 2 nitrogen and oxygen atoms in total. The van der Waals surface area contributed by atoms with Crippen molar-refractivity contribution in [2.75, 3.05) is 13.1 Å². The Hall–Kier alpha value is 0.350. The summed E-state index contributed by atoms with van der Waals surface area (Å²) < 4.78 is 0. The molecule has 0 radical (unpaired) electrons. The summed E-state index contributed by atoms with van der Waals surface area (Å²) in [6, 6.07) is 0. The van der Waals surface area contributed by atoms with Gasteiger partial charge in [-0.1, -0.05) is 6.92 Å². The molecule has 1 aliphatic heterocycles. The minimum atomic E-state index is 0.439. The lowest BCUT2D eigenvalue weighted by Crippen LogP contribution is -2.32. The number of nitrogens with two attached hydrogens (primary N) is 1. The summed E-state index contributed by atoms with van der Waals surface area (Å²) in [7, 11) is 2.93. The van der Waals surface area contributed by atoms with E-state index in [1.807, 2.05) is 5.01 Å². The second kappa shape index (κ2) is 3.17. The van der Waals surface area contributed by atoms with E-state index in [4.69, 9.17) is 5.84 Å². The zero-order chi connectivity index (χ0) is 7.61. The lowest BCUT2D eigenvalue weighted by Gasteiger charge is -2.21. The van der Waals surface area contributed by atoms with Crippen molar-refractivity contribution in [1.82, 2.24) is 5.01 Å². The summed E-state index contributed by atoms with van der Waals surface area (Å²) >= 11 is 0. The summed E-state index contributed by atoms with van der Waals surface area (Å²) in [6.45, 7) is 4.39. The minimum absolute atomic E-state index is 0.439. The Balaban J connectivity index is 2.41. The first-order valence-electron chi connectivity index (χ1n) is 3.89. The second-order valence-electron chi connectivity index (χ2n) is 3.54. The lowest BCUT2D eigenvalue weighted by molar-refractivity contribution is 0.294. The third-order valence-corrected chi connectivity index (χ3v) is 2.74. The van der Waals surface area contributed by atoms with Gasteiger partial charge in [0.15, 0.2) is 0 Å². The summed E-state index contributed by atoms with van der Waals surface area (Å²) in [5, 5.41) is 2.36. The molecule has 1 saturated heterocycles.